The van der Waals surface area contributed by atoms with E-state index in [0.29, 0.717) is 27.8 Å². The summed E-state index contributed by atoms with van der Waals surface area (Å²) in [6.07, 6.45) is 0. The van der Waals surface area contributed by atoms with E-state index in [1.54, 1.807) is 0 Å². The van der Waals surface area contributed by atoms with E-state index in [-0.39, 0.29) is 16.2 Å². The second-order valence-electron chi connectivity index (χ2n) is 9.35. The zero-order valence-corrected chi connectivity index (χ0v) is 22.2. The van der Waals surface area contributed by atoms with Gasteiger partial charge in [0.1, 0.15) is 17.6 Å². The number of nitrogens with one attached hydrogen (secondary N) is 1. The van der Waals surface area contributed by atoms with E-state index in [1.807, 2.05) is 55.5 Å². The van der Waals surface area contributed by atoms with Crippen molar-refractivity contribution in [2.24, 2.45) is 5.92 Å². The van der Waals surface area contributed by atoms with Gasteiger partial charge in [-0.25, -0.2) is 4.90 Å². The van der Waals surface area contributed by atoms with Crippen molar-refractivity contribution in [1.82, 2.24) is 4.98 Å². The van der Waals surface area contributed by atoms with Crippen LogP contribution in [0.15, 0.2) is 82.6 Å². The van der Waals surface area contributed by atoms with Crippen LogP contribution in [0.1, 0.15) is 27.5 Å². The molecule has 2 aliphatic rings. The number of imide groups is 1. The number of aromatic amines is 1. The average molecular weight is 560 g/mol. The van der Waals surface area contributed by atoms with E-state index >= 15 is 0 Å². The first kappa shape index (κ1) is 25.1. The zero-order chi connectivity index (χ0) is 27.3. The number of para-hydroxylation sites is 1. The Kier molecular flexibility index (Phi) is 6.32. The summed E-state index contributed by atoms with van der Waals surface area (Å²) in [5.41, 5.74) is 2.95. The molecule has 2 amide bonds. The molecule has 9 nitrogen and oxygen atoms in total. The minimum atomic E-state index is -0.791. The van der Waals surface area contributed by atoms with Crippen LogP contribution >= 0.6 is 23.1 Å². The van der Waals surface area contributed by atoms with Gasteiger partial charge in [-0.3, -0.25) is 24.5 Å². The molecule has 4 aromatic rings. The third kappa shape index (κ3) is 4.43. The summed E-state index contributed by atoms with van der Waals surface area (Å²) in [6.45, 7) is 2.32. The van der Waals surface area contributed by atoms with Crippen molar-refractivity contribution in [3.05, 3.63) is 114 Å². The topological polar surface area (TPSA) is 123 Å². The lowest BCUT2D eigenvalue weighted by atomic mass is 9.82. The molecule has 1 aromatic heterocycles. The smallest absolute Gasteiger partial charge is 0.305 e. The highest BCUT2D eigenvalue weighted by atomic mass is 32.2. The normalized spacial score (nSPS) is 20.0. The number of amides is 2. The lowest BCUT2D eigenvalue weighted by Crippen LogP contribution is -2.32. The number of benzene rings is 3. The SMILES string of the molecule is Cc1cccc(COc2ccccc2[C@@H]2c3sc(=O)[nH]c3S[C@H]3C(=O)N(c4ccc([N+](=O)[O-])cc4)C(=O)[C@@H]23)c1. The molecule has 1 fully saturated rings. The summed E-state index contributed by atoms with van der Waals surface area (Å²) < 4.78 is 6.25. The molecule has 0 spiro atoms. The number of fused-ring (bicyclic) bond motifs is 2. The number of thioether (sulfide) groups is 1. The highest BCUT2D eigenvalue weighted by Gasteiger charge is 2.56. The molecular formula is C28H21N3O6S2. The van der Waals surface area contributed by atoms with E-state index in [0.717, 1.165) is 27.4 Å². The number of anilines is 1. The molecule has 196 valence electrons. The molecule has 0 bridgehead atoms. The van der Waals surface area contributed by atoms with Crippen LogP contribution in [0.3, 0.4) is 0 Å². The predicted molar refractivity (Wildman–Crippen MR) is 147 cm³/mol. The molecule has 0 saturated carbocycles. The Bertz CT molecular complexity index is 1680. The van der Waals surface area contributed by atoms with Crippen LogP contribution in [0.2, 0.25) is 0 Å². The molecule has 6 rings (SSSR count). The summed E-state index contributed by atoms with van der Waals surface area (Å²) in [6, 6.07) is 20.7. The number of nitrogens with zero attached hydrogens (tertiary/aromatic N) is 2. The van der Waals surface area contributed by atoms with E-state index in [2.05, 4.69) is 4.98 Å². The molecule has 0 radical (unpaired) electrons. The third-order valence-corrected chi connectivity index (χ3v) is 9.27. The molecule has 11 heteroatoms. The van der Waals surface area contributed by atoms with Crippen molar-refractivity contribution in [2.45, 2.75) is 29.7 Å². The van der Waals surface area contributed by atoms with Crippen LogP contribution in [0, 0.1) is 23.0 Å². The van der Waals surface area contributed by atoms with Crippen molar-refractivity contribution in [1.29, 1.82) is 0 Å². The van der Waals surface area contributed by atoms with Crippen molar-refractivity contribution in [3.8, 4) is 5.75 Å². The molecule has 3 heterocycles. The minimum Gasteiger partial charge on any atom is -0.489 e. The highest BCUT2D eigenvalue weighted by molar-refractivity contribution is 8.00. The fourth-order valence-electron chi connectivity index (χ4n) is 5.16. The first-order chi connectivity index (χ1) is 18.8. The van der Waals surface area contributed by atoms with E-state index in [9.17, 15) is 24.5 Å². The van der Waals surface area contributed by atoms with Crippen molar-refractivity contribution >= 4 is 46.3 Å². The Hall–Kier alpha value is -4.22. The van der Waals surface area contributed by atoms with Crippen molar-refractivity contribution < 1.29 is 19.2 Å². The molecule has 0 aliphatic carbocycles. The number of hydrogen-bond acceptors (Lipinski definition) is 8. The minimum absolute atomic E-state index is 0.137. The Morgan fingerprint density at radius 3 is 2.51 bits per heavy atom. The Morgan fingerprint density at radius 1 is 1.00 bits per heavy atom. The largest absolute Gasteiger partial charge is 0.489 e. The van der Waals surface area contributed by atoms with E-state index < -0.39 is 33.8 Å². The van der Waals surface area contributed by atoms with Gasteiger partial charge >= 0.3 is 4.87 Å². The maximum Gasteiger partial charge on any atom is 0.305 e. The summed E-state index contributed by atoms with van der Waals surface area (Å²) in [4.78, 5) is 54.9. The maximum atomic E-state index is 13.9. The predicted octanol–water partition coefficient (Wildman–Crippen LogP) is 5.03. The molecule has 1 N–H and O–H groups in total. The molecule has 3 atom stereocenters. The van der Waals surface area contributed by atoms with Crippen LogP contribution in [0.25, 0.3) is 0 Å². The van der Waals surface area contributed by atoms with Gasteiger partial charge in [0.05, 0.1) is 21.6 Å². The Labute approximate surface area is 230 Å². The number of aryl methyl sites for hydroxylation is 1. The first-order valence-corrected chi connectivity index (χ1v) is 13.8. The number of H-pyrrole nitrogens is 1. The molecule has 39 heavy (non-hydrogen) atoms. The van der Waals surface area contributed by atoms with Gasteiger partial charge < -0.3 is 9.72 Å². The fourth-order valence-corrected chi connectivity index (χ4v) is 7.67. The number of nitro benzene ring substituents is 1. The van der Waals surface area contributed by atoms with Gasteiger partial charge in [0, 0.05) is 28.5 Å². The van der Waals surface area contributed by atoms with Crippen LogP contribution < -0.4 is 14.5 Å². The number of carbonyl (C=O) groups excluding carboxylic acids is 2. The first-order valence-electron chi connectivity index (χ1n) is 12.1. The third-order valence-electron chi connectivity index (χ3n) is 6.87. The quantitative estimate of drug-likeness (QED) is 0.200. The summed E-state index contributed by atoms with van der Waals surface area (Å²) in [7, 11) is 0. The summed E-state index contributed by atoms with van der Waals surface area (Å²) in [5, 5.41) is 10.9. The van der Waals surface area contributed by atoms with Crippen LogP contribution in [-0.4, -0.2) is 27.0 Å². The monoisotopic (exact) mass is 559 g/mol. The maximum absolute atomic E-state index is 13.9. The molecule has 3 aromatic carbocycles. The molecule has 2 aliphatic heterocycles. The van der Waals surface area contributed by atoms with Crippen molar-refractivity contribution in [2.75, 3.05) is 4.90 Å². The van der Waals surface area contributed by atoms with E-state index in [4.69, 9.17) is 4.74 Å². The van der Waals surface area contributed by atoms with Gasteiger partial charge in [0.15, 0.2) is 0 Å². The fraction of sp³-hybridized carbons (Fsp3) is 0.179. The summed E-state index contributed by atoms with van der Waals surface area (Å²) in [5.74, 6) is -1.67. The Balaban J connectivity index is 1.40. The number of ether oxygens (including phenoxy) is 1. The highest BCUT2D eigenvalue weighted by Crippen LogP contribution is 2.54. The number of rotatable bonds is 6. The van der Waals surface area contributed by atoms with Crippen LogP contribution in [0.5, 0.6) is 5.75 Å². The van der Waals surface area contributed by atoms with Crippen LogP contribution in [0.4, 0.5) is 11.4 Å². The number of thiazole rings is 1. The second-order valence-corrected chi connectivity index (χ2v) is 11.5. The lowest BCUT2D eigenvalue weighted by molar-refractivity contribution is -0.384. The van der Waals surface area contributed by atoms with Crippen molar-refractivity contribution in [3.63, 3.8) is 0 Å². The molecule has 0 unspecified atom stereocenters. The summed E-state index contributed by atoms with van der Waals surface area (Å²) >= 11 is 2.20. The van der Waals surface area contributed by atoms with Gasteiger partial charge in [0.25, 0.3) is 5.69 Å². The van der Waals surface area contributed by atoms with Gasteiger partial charge in [-0.2, -0.15) is 0 Å². The number of aromatic nitrogens is 1. The van der Waals surface area contributed by atoms with Gasteiger partial charge in [-0.05, 0) is 30.7 Å². The molecule has 1 saturated heterocycles. The second kappa shape index (κ2) is 9.83. The van der Waals surface area contributed by atoms with Gasteiger partial charge in [0.2, 0.25) is 11.8 Å². The standard InChI is InChI=1S/C28H21N3O6S2/c1-15-5-4-6-16(13-15)14-37-20-8-3-2-7-19(20)21-22-24(38-25-23(21)39-28(34)29-25)27(33)30(26(22)32)17-9-11-18(12-10-17)31(35)36/h2-13,21-22,24H,14H2,1H3,(H,29,34)/t21-,22-,24+/m0/s1. The number of hydrogen-bond donors (Lipinski definition) is 1. The van der Waals surface area contributed by atoms with Gasteiger partial charge in [-0.15, -0.1) is 0 Å². The zero-order valence-electron chi connectivity index (χ0n) is 20.5. The Morgan fingerprint density at radius 2 is 1.77 bits per heavy atom. The molecular weight excluding hydrogens is 538 g/mol. The van der Waals surface area contributed by atoms with Gasteiger partial charge in [-0.1, -0.05) is 71.1 Å². The van der Waals surface area contributed by atoms with Crippen LogP contribution in [-0.2, 0) is 16.2 Å². The number of carbonyl (C=O) groups is 2. The van der Waals surface area contributed by atoms with E-state index in [1.165, 1.54) is 36.0 Å². The average Bonchev–Trinajstić information content (AvgIpc) is 3.42. The lowest BCUT2D eigenvalue weighted by Gasteiger charge is -2.30. The number of non-ortho nitro benzene ring substituents is 1. The number of nitro groups is 1.